The van der Waals surface area contributed by atoms with Crippen LogP contribution in [0.3, 0.4) is 0 Å². The molecule has 0 saturated carbocycles. The maximum atomic E-state index is 11.8. The number of carbonyl (C=O) groups is 2. The summed E-state index contributed by atoms with van der Waals surface area (Å²) in [6.07, 6.45) is 1.57. The summed E-state index contributed by atoms with van der Waals surface area (Å²) in [5.74, 6) is 0. The summed E-state index contributed by atoms with van der Waals surface area (Å²) in [6.45, 7) is 5.11. The molecular formula is C20H26N4O2. The fourth-order valence-corrected chi connectivity index (χ4v) is 2.28. The zero-order chi connectivity index (χ0) is 18.8. The maximum Gasteiger partial charge on any atom is 0.319 e. The SMILES string of the molecule is Cc1ccc(NC(=O)NCCCCNC(=O)Nc2ccc(C)cc2)cc1. The molecule has 0 fully saturated rings. The second-order valence-corrected chi connectivity index (χ2v) is 6.20. The minimum atomic E-state index is -0.223. The Bertz CT molecular complexity index is 648. The first-order valence-electron chi connectivity index (χ1n) is 8.76. The van der Waals surface area contributed by atoms with Crippen molar-refractivity contribution in [1.29, 1.82) is 0 Å². The normalized spacial score (nSPS) is 10.1. The molecule has 26 heavy (non-hydrogen) atoms. The van der Waals surface area contributed by atoms with Gasteiger partial charge in [0.05, 0.1) is 0 Å². The van der Waals surface area contributed by atoms with Crippen molar-refractivity contribution in [3.8, 4) is 0 Å². The molecule has 0 spiro atoms. The van der Waals surface area contributed by atoms with Gasteiger partial charge in [0.15, 0.2) is 0 Å². The molecule has 4 N–H and O–H groups in total. The number of urea groups is 2. The van der Waals surface area contributed by atoms with Crippen LogP contribution in [0.1, 0.15) is 24.0 Å². The van der Waals surface area contributed by atoms with Crippen LogP contribution in [0.5, 0.6) is 0 Å². The number of nitrogens with one attached hydrogen (secondary N) is 4. The van der Waals surface area contributed by atoms with Crippen molar-refractivity contribution in [2.24, 2.45) is 0 Å². The summed E-state index contributed by atoms with van der Waals surface area (Å²) >= 11 is 0. The highest BCUT2D eigenvalue weighted by Crippen LogP contribution is 2.08. The van der Waals surface area contributed by atoms with Crippen LogP contribution in [0, 0.1) is 13.8 Å². The predicted octanol–water partition coefficient (Wildman–Crippen LogP) is 4.03. The molecule has 2 aromatic rings. The number of hydrogen-bond acceptors (Lipinski definition) is 2. The molecule has 0 unspecified atom stereocenters. The van der Waals surface area contributed by atoms with E-state index in [9.17, 15) is 9.59 Å². The monoisotopic (exact) mass is 354 g/mol. The molecule has 0 bridgehead atoms. The number of hydrogen-bond donors (Lipinski definition) is 4. The lowest BCUT2D eigenvalue weighted by Crippen LogP contribution is -2.31. The van der Waals surface area contributed by atoms with Crippen molar-refractivity contribution in [2.45, 2.75) is 26.7 Å². The van der Waals surface area contributed by atoms with Gasteiger partial charge < -0.3 is 21.3 Å². The van der Waals surface area contributed by atoms with Crippen molar-refractivity contribution in [1.82, 2.24) is 10.6 Å². The van der Waals surface area contributed by atoms with Gasteiger partial charge in [0.1, 0.15) is 0 Å². The van der Waals surface area contributed by atoms with Gasteiger partial charge in [-0.3, -0.25) is 0 Å². The van der Waals surface area contributed by atoms with Crippen molar-refractivity contribution in [3.63, 3.8) is 0 Å². The lowest BCUT2D eigenvalue weighted by Gasteiger charge is -2.09. The van der Waals surface area contributed by atoms with Crippen LogP contribution in [0.2, 0.25) is 0 Å². The Morgan fingerprint density at radius 2 is 1.00 bits per heavy atom. The Morgan fingerprint density at radius 3 is 1.35 bits per heavy atom. The van der Waals surface area contributed by atoms with E-state index in [4.69, 9.17) is 0 Å². The van der Waals surface area contributed by atoms with Crippen LogP contribution < -0.4 is 21.3 Å². The summed E-state index contributed by atoms with van der Waals surface area (Å²) in [7, 11) is 0. The quantitative estimate of drug-likeness (QED) is 0.566. The third kappa shape index (κ3) is 7.25. The van der Waals surface area contributed by atoms with Crippen molar-refractivity contribution >= 4 is 23.4 Å². The summed E-state index contributed by atoms with van der Waals surface area (Å²) < 4.78 is 0. The van der Waals surface area contributed by atoms with Gasteiger partial charge in [0.25, 0.3) is 0 Å². The van der Waals surface area contributed by atoms with Gasteiger partial charge in [0.2, 0.25) is 0 Å². The zero-order valence-corrected chi connectivity index (χ0v) is 15.3. The molecule has 6 nitrogen and oxygen atoms in total. The Labute approximate surface area is 154 Å². The molecule has 2 rings (SSSR count). The molecule has 4 amide bonds. The van der Waals surface area contributed by atoms with E-state index in [-0.39, 0.29) is 12.1 Å². The molecule has 0 heterocycles. The molecule has 0 aliphatic rings. The first-order valence-corrected chi connectivity index (χ1v) is 8.76. The van der Waals surface area contributed by atoms with E-state index in [0.717, 1.165) is 35.3 Å². The Hall–Kier alpha value is -3.02. The molecule has 6 heteroatoms. The van der Waals surface area contributed by atoms with E-state index in [2.05, 4.69) is 21.3 Å². The first-order chi connectivity index (χ1) is 12.5. The van der Waals surface area contributed by atoms with Gasteiger partial charge in [-0.05, 0) is 51.0 Å². The molecule has 0 radical (unpaired) electrons. The fourth-order valence-electron chi connectivity index (χ4n) is 2.28. The highest BCUT2D eigenvalue weighted by Gasteiger charge is 2.02. The number of amides is 4. The topological polar surface area (TPSA) is 82.3 Å². The molecule has 0 aliphatic heterocycles. The molecule has 138 valence electrons. The van der Waals surface area contributed by atoms with Crippen LogP contribution in [0.25, 0.3) is 0 Å². The summed E-state index contributed by atoms with van der Waals surface area (Å²) in [5.41, 5.74) is 3.83. The minimum absolute atomic E-state index is 0.223. The predicted molar refractivity (Wildman–Crippen MR) is 106 cm³/mol. The second kappa shape index (κ2) is 10.1. The van der Waals surface area contributed by atoms with Gasteiger partial charge in [-0.25, -0.2) is 9.59 Å². The number of aryl methyl sites for hydroxylation is 2. The maximum absolute atomic E-state index is 11.8. The van der Waals surface area contributed by atoms with Crippen molar-refractivity contribution < 1.29 is 9.59 Å². The third-order valence-corrected chi connectivity index (χ3v) is 3.79. The molecule has 0 aromatic heterocycles. The number of anilines is 2. The summed E-state index contributed by atoms with van der Waals surface area (Å²) in [5, 5.41) is 11.2. The minimum Gasteiger partial charge on any atom is -0.338 e. The van der Waals surface area contributed by atoms with Crippen molar-refractivity contribution in [2.75, 3.05) is 23.7 Å². The van der Waals surface area contributed by atoms with E-state index in [1.807, 2.05) is 62.4 Å². The standard InChI is InChI=1S/C20H26N4O2/c1-15-5-9-17(10-6-15)23-19(25)21-13-3-4-14-22-20(26)24-18-11-7-16(2)8-12-18/h5-12H,3-4,13-14H2,1-2H3,(H2,21,23,25)(H2,22,24,26). The Morgan fingerprint density at radius 1 is 0.654 bits per heavy atom. The first kappa shape index (κ1) is 19.3. The lowest BCUT2D eigenvalue weighted by atomic mass is 10.2. The van der Waals surface area contributed by atoms with E-state index in [1.165, 1.54) is 0 Å². The molecule has 0 atom stereocenters. The second-order valence-electron chi connectivity index (χ2n) is 6.20. The highest BCUT2D eigenvalue weighted by molar-refractivity contribution is 5.89. The summed E-state index contributed by atoms with van der Waals surface area (Å²) in [6, 6.07) is 14.8. The van der Waals surface area contributed by atoms with Crippen LogP contribution >= 0.6 is 0 Å². The van der Waals surface area contributed by atoms with E-state index >= 15 is 0 Å². The smallest absolute Gasteiger partial charge is 0.319 e. The van der Waals surface area contributed by atoms with Gasteiger partial charge in [-0.2, -0.15) is 0 Å². The van der Waals surface area contributed by atoms with Crippen LogP contribution in [-0.2, 0) is 0 Å². The average molecular weight is 354 g/mol. The molecule has 2 aromatic carbocycles. The number of benzene rings is 2. The average Bonchev–Trinajstić information content (AvgIpc) is 2.62. The van der Waals surface area contributed by atoms with Gasteiger partial charge in [-0.1, -0.05) is 35.4 Å². The molecule has 0 aliphatic carbocycles. The largest absolute Gasteiger partial charge is 0.338 e. The van der Waals surface area contributed by atoms with Gasteiger partial charge in [-0.15, -0.1) is 0 Å². The fraction of sp³-hybridized carbons (Fsp3) is 0.300. The van der Waals surface area contributed by atoms with Crippen LogP contribution in [-0.4, -0.2) is 25.2 Å². The number of carbonyl (C=O) groups excluding carboxylic acids is 2. The van der Waals surface area contributed by atoms with Gasteiger partial charge >= 0.3 is 12.1 Å². The Balaban J connectivity index is 1.53. The van der Waals surface area contributed by atoms with Crippen molar-refractivity contribution in [3.05, 3.63) is 59.7 Å². The van der Waals surface area contributed by atoms with E-state index in [1.54, 1.807) is 0 Å². The Kier molecular flexibility index (Phi) is 7.49. The van der Waals surface area contributed by atoms with Crippen LogP contribution in [0.15, 0.2) is 48.5 Å². The molecular weight excluding hydrogens is 328 g/mol. The zero-order valence-electron chi connectivity index (χ0n) is 15.3. The highest BCUT2D eigenvalue weighted by atomic mass is 16.2. The summed E-state index contributed by atoms with van der Waals surface area (Å²) in [4.78, 5) is 23.5. The number of rotatable bonds is 7. The lowest BCUT2D eigenvalue weighted by molar-refractivity contribution is 0.250. The van der Waals surface area contributed by atoms with E-state index < -0.39 is 0 Å². The van der Waals surface area contributed by atoms with Gasteiger partial charge in [0, 0.05) is 24.5 Å². The van der Waals surface area contributed by atoms with E-state index in [0.29, 0.717) is 13.1 Å². The molecule has 0 saturated heterocycles. The number of unbranched alkanes of at least 4 members (excludes halogenated alkanes) is 1. The third-order valence-electron chi connectivity index (χ3n) is 3.79. The van der Waals surface area contributed by atoms with Crippen LogP contribution in [0.4, 0.5) is 21.0 Å².